The lowest BCUT2D eigenvalue weighted by Crippen LogP contribution is -2.45. The van der Waals surface area contributed by atoms with Crippen LogP contribution < -0.4 is 0 Å². The molecule has 1 aliphatic heterocycles. The van der Waals surface area contributed by atoms with E-state index in [0.29, 0.717) is 12.1 Å². The van der Waals surface area contributed by atoms with Gasteiger partial charge in [-0.2, -0.15) is 0 Å². The molecule has 1 N–H and O–H groups in total. The number of hydrogen-bond donors (Lipinski definition) is 1. The second kappa shape index (κ2) is 5.55. The Labute approximate surface area is 154 Å². The minimum Gasteiger partial charge on any atom is -0.453 e. The van der Waals surface area contributed by atoms with Crippen molar-refractivity contribution in [3.8, 4) is 0 Å². The molecule has 1 unspecified atom stereocenters. The van der Waals surface area contributed by atoms with Gasteiger partial charge < -0.3 is 9.72 Å². The lowest BCUT2D eigenvalue weighted by molar-refractivity contribution is 0.101. The maximum atomic E-state index is 14.0. The highest BCUT2D eigenvalue weighted by Gasteiger charge is 2.55. The molecule has 3 aromatic rings. The fourth-order valence-corrected chi connectivity index (χ4v) is 4.52. The molecular formula is C21H18F2N2O2. The maximum Gasteiger partial charge on any atom is 0.410 e. The number of nitrogens with one attached hydrogen (secondary N) is 1. The van der Waals surface area contributed by atoms with E-state index in [9.17, 15) is 13.6 Å². The summed E-state index contributed by atoms with van der Waals surface area (Å²) < 4.78 is 32.9. The summed E-state index contributed by atoms with van der Waals surface area (Å²) in [6.45, 7) is 0.470. The van der Waals surface area contributed by atoms with Crippen LogP contribution in [0.25, 0.3) is 10.9 Å². The molecule has 1 spiro atoms. The van der Waals surface area contributed by atoms with E-state index in [1.807, 2.05) is 18.2 Å². The quantitative estimate of drug-likeness (QED) is 0.680. The first kappa shape index (κ1) is 16.3. The number of hydrogen-bond acceptors (Lipinski definition) is 2. The molecule has 2 heterocycles. The predicted octanol–water partition coefficient (Wildman–Crippen LogP) is 4.65. The summed E-state index contributed by atoms with van der Waals surface area (Å²) in [4.78, 5) is 17.6. The van der Waals surface area contributed by atoms with Gasteiger partial charge in [0.05, 0.1) is 7.11 Å². The Morgan fingerprint density at radius 2 is 1.89 bits per heavy atom. The summed E-state index contributed by atoms with van der Waals surface area (Å²) in [5.41, 5.74) is 3.21. The Balaban J connectivity index is 1.79. The maximum absolute atomic E-state index is 14.0. The summed E-state index contributed by atoms with van der Waals surface area (Å²) in [6, 6.07) is 10.7. The van der Waals surface area contributed by atoms with Crippen LogP contribution in [0, 0.1) is 11.6 Å². The van der Waals surface area contributed by atoms with Crippen molar-refractivity contribution in [1.29, 1.82) is 0 Å². The van der Waals surface area contributed by atoms with Crippen LogP contribution >= 0.6 is 0 Å². The molecule has 0 saturated heterocycles. The van der Waals surface area contributed by atoms with Gasteiger partial charge >= 0.3 is 6.09 Å². The third kappa shape index (κ3) is 2.36. The molecule has 1 aliphatic carbocycles. The molecule has 1 amide bonds. The second-order valence-corrected chi connectivity index (χ2v) is 7.44. The van der Waals surface area contributed by atoms with Crippen LogP contribution in [0.15, 0.2) is 42.5 Å². The van der Waals surface area contributed by atoms with Crippen LogP contribution in [0.3, 0.4) is 0 Å². The zero-order valence-electron chi connectivity index (χ0n) is 14.8. The normalized spacial score (nSPS) is 20.0. The van der Waals surface area contributed by atoms with Crippen LogP contribution in [0.1, 0.15) is 35.7 Å². The zero-order valence-corrected chi connectivity index (χ0v) is 14.8. The standard InChI is InChI=1S/C21H18F2N2O2/c1-27-20(26)25-11-21(6-7-21)17-15-4-2-3-5-16(15)24-18(17)19(25)12-8-13(22)10-14(23)9-12/h2-5,8-10,19,24H,6-7,11H2,1H3. The number of methoxy groups -OCH3 is 1. The number of para-hydroxylation sites is 1. The van der Waals surface area contributed by atoms with Crippen LogP contribution in [0.5, 0.6) is 0 Å². The third-order valence-electron chi connectivity index (χ3n) is 5.79. The molecule has 138 valence electrons. The smallest absolute Gasteiger partial charge is 0.410 e. The molecule has 5 rings (SSSR count). The molecule has 1 saturated carbocycles. The monoisotopic (exact) mass is 368 g/mol. The number of nitrogens with zero attached hydrogens (tertiary/aromatic N) is 1. The van der Waals surface area contributed by atoms with Gasteiger partial charge in [-0.25, -0.2) is 13.6 Å². The topological polar surface area (TPSA) is 45.3 Å². The fourth-order valence-electron chi connectivity index (χ4n) is 4.52. The first-order valence-electron chi connectivity index (χ1n) is 8.94. The number of aromatic nitrogens is 1. The van der Waals surface area contributed by atoms with Gasteiger partial charge in [-0.15, -0.1) is 0 Å². The molecule has 2 aliphatic rings. The van der Waals surface area contributed by atoms with Gasteiger partial charge in [-0.1, -0.05) is 18.2 Å². The highest BCUT2D eigenvalue weighted by Crippen LogP contribution is 2.57. The Bertz CT molecular complexity index is 1050. The van der Waals surface area contributed by atoms with Crippen molar-refractivity contribution >= 4 is 17.0 Å². The van der Waals surface area contributed by atoms with Gasteiger partial charge in [0.15, 0.2) is 0 Å². The van der Waals surface area contributed by atoms with Crippen molar-refractivity contribution in [2.45, 2.75) is 24.3 Å². The van der Waals surface area contributed by atoms with Gasteiger partial charge in [0.1, 0.15) is 17.7 Å². The lowest BCUT2D eigenvalue weighted by atomic mass is 9.83. The average Bonchev–Trinajstić information content (AvgIpc) is 3.29. The molecule has 27 heavy (non-hydrogen) atoms. The van der Waals surface area contributed by atoms with Crippen molar-refractivity contribution in [3.63, 3.8) is 0 Å². The number of carbonyl (C=O) groups is 1. The zero-order chi connectivity index (χ0) is 18.8. The lowest BCUT2D eigenvalue weighted by Gasteiger charge is -2.39. The van der Waals surface area contributed by atoms with Crippen LogP contribution in [0.2, 0.25) is 0 Å². The number of amides is 1. The number of rotatable bonds is 1. The van der Waals surface area contributed by atoms with E-state index in [-0.39, 0.29) is 5.41 Å². The van der Waals surface area contributed by atoms with Crippen molar-refractivity contribution < 1.29 is 18.3 Å². The Kier molecular flexibility index (Phi) is 3.35. The van der Waals surface area contributed by atoms with E-state index in [1.165, 1.54) is 19.2 Å². The fraction of sp³-hybridized carbons (Fsp3) is 0.286. The van der Waals surface area contributed by atoms with Crippen LogP contribution in [-0.4, -0.2) is 29.6 Å². The minimum absolute atomic E-state index is 0.120. The number of ether oxygens (including phenoxy) is 1. The highest BCUT2D eigenvalue weighted by atomic mass is 19.1. The first-order valence-corrected chi connectivity index (χ1v) is 8.94. The van der Waals surface area contributed by atoms with E-state index < -0.39 is 23.8 Å². The van der Waals surface area contributed by atoms with Crippen molar-refractivity contribution in [2.24, 2.45) is 0 Å². The molecular weight excluding hydrogens is 350 g/mol. The van der Waals surface area contributed by atoms with Gasteiger partial charge in [0, 0.05) is 34.6 Å². The first-order chi connectivity index (χ1) is 13.0. The molecule has 2 aromatic carbocycles. The molecule has 1 aromatic heterocycles. The number of aromatic amines is 1. The Morgan fingerprint density at radius 1 is 1.19 bits per heavy atom. The second-order valence-electron chi connectivity index (χ2n) is 7.44. The van der Waals surface area contributed by atoms with Crippen molar-refractivity contribution in [3.05, 3.63) is 70.9 Å². The SMILES string of the molecule is COC(=O)N1CC2(CC2)c2c([nH]c3ccccc23)C1c1cc(F)cc(F)c1. The summed E-state index contributed by atoms with van der Waals surface area (Å²) in [7, 11) is 1.33. The summed E-state index contributed by atoms with van der Waals surface area (Å²) in [6.07, 6.45) is 1.44. The number of H-pyrrole nitrogens is 1. The van der Waals surface area contributed by atoms with Gasteiger partial charge in [-0.05, 0) is 42.2 Å². The van der Waals surface area contributed by atoms with Gasteiger partial charge in [-0.3, -0.25) is 4.90 Å². The Morgan fingerprint density at radius 3 is 2.56 bits per heavy atom. The van der Waals surface area contributed by atoms with E-state index in [1.54, 1.807) is 4.90 Å². The molecule has 0 radical (unpaired) electrons. The van der Waals surface area contributed by atoms with E-state index >= 15 is 0 Å². The van der Waals surface area contributed by atoms with Gasteiger partial charge in [0.2, 0.25) is 0 Å². The molecule has 1 fully saturated rings. The highest BCUT2D eigenvalue weighted by molar-refractivity contribution is 5.88. The number of fused-ring (bicyclic) bond motifs is 4. The molecule has 0 bridgehead atoms. The van der Waals surface area contributed by atoms with Gasteiger partial charge in [0.25, 0.3) is 0 Å². The van der Waals surface area contributed by atoms with Crippen molar-refractivity contribution in [2.75, 3.05) is 13.7 Å². The molecule has 1 atom stereocenters. The van der Waals surface area contributed by atoms with E-state index in [4.69, 9.17) is 4.74 Å². The summed E-state index contributed by atoms with van der Waals surface area (Å²) in [5.74, 6) is -1.33. The number of carbonyl (C=O) groups excluding carboxylic acids is 1. The number of benzene rings is 2. The molecule has 4 nitrogen and oxygen atoms in total. The van der Waals surface area contributed by atoms with E-state index in [2.05, 4.69) is 11.1 Å². The molecule has 6 heteroatoms. The van der Waals surface area contributed by atoms with Crippen LogP contribution in [0.4, 0.5) is 13.6 Å². The van der Waals surface area contributed by atoms with Crippen LogP contribution in [-0.2, 0) is 10.2 Å². The summed E-state index contributed by atoms with van der Waals surface area (Å²) >= 11 is 0. The predicted molar refractivity (Wildman–Crippen MR) is 96.5 cm³/mol. The number of halogens is 2. The average molecular weight is 368 g/mol. The van der Waals surface area contributed by atoms with E-state index in [0.717, 1.165) is 41.1 Å². The van der Waals surface area contributed by atoms with Crippen molar-refractivity contribution in [1.82, 2.24) is 9.88 Å². The largest absolute Gasteiger partial charge is 0.453 e. The third-order valence-corrected chi connectivity index (χ3v) is 5.79. The minimum atomic E-state index is -0.667. The Hall–Kier alpha value is -2.89. The summed E-state index contributed by atoms with van der Waals surface area (Å²) in [5, 5.41) is 1.11.